The van der Waals surface area contributed by atoms with Crippen LogP contribution in [0.1, 0.15) is 28.7 Å². The third kappa shape index (κ3) is 3.40. The molecule has 0 radical (unpaired) electrons. The largest absolute Gasteiger partial charge is 0.479 e. The van der Waals surface area contributed by atoms with E-state index in [1.165, 1.54) is 5.56 Å². The zero-order chi connectivity index (χ0) is 15.6. The Morgan fingerprint density at radius 3 is 2.38 bits per heavy atom. The second-order valence-corrected chi connectivity index (χ2v) is 6.90. The number of thioether (sulfide) groups is 1. The number of nitrogens with one attached hydrogen (secondary N) is 1. The lowest BCUT2D eigenvalue weighted by atomic mass is 9.95. The predicted molar refractivity (Wildman–Crippen MR) is 84.8 cm³/mol. The molecular weight excluding hydrogens is 286 g/mol. The molecule has 1 amide bonds. The van der Waals surface area contributed by atoms with E-state index in [0.29, 0.717) is 12.2 Å². The smallest absolute Gasteiger partial charge is 0.330 e. The predicted octanol–water partition coefficient (Wildman–Crippen LogP) is 2.23. The lowest BCUT2D eigenvalue weighted by Crippen LogP contribution is -2.55. The molecule has 1 aliphatic rings. The Labute approximate surface area is 129 Å². The van der Waals surface area contributed by atoms with E-state index in [0.717, 1.165) is 22.4 Å². The number of carboxylic acids is 1. The maximum Gasteiger partial charge on any atom is 0.330 e. The highest BCUT2D eigenvalue weighted by Gasteiger charge is 2.43. The highest BCUT2D eigenvalue weighted by Crippen LogP contribution is 2.28. The van der Waals surface area contributed by atoms with E-state index in [1.807, 2.05) is 32.9 Å². The van der Waals surface area contributed by atoms with E-state index in [9.17, 15) is 14.7 Å². The molecule has 0 aromatic heterocycles. The fourth-order valence-electron chi connectivity index (χ4n) is 2.85. The van der Waals surface area contributed by atoms with Gasteiger partial charge in [-0.3, -0.25) is 4.79 Å². The van der Waals surface area contributed by atoms with Gasteiger partial charge < -0.3 is 10.4 Å². The molecular formula is C16H21NO3S. The Hall–Kier alpha value is -1.49. The Bertz CT molecular complexity index is 554. The average molecular weight is 307 g/mol. The lowest BCUT2D eigenvalue weighted by molar-refractivity contribution is -0.146. The summed E-state index contributed by atoms with van der Waals surface area (Å²) in [6.07, 6.45) is 0.724. The Morgan fingerprint density at radius 1 is 1.29 bits per heavy atom. The molecule has 1 aliphatic heterocycles. The number of carbonyl (C=O) groups excluding carboxylic acids is 1. The van der Waals surface area contributed by atoms with Gasteiger partial charge in [0.15, 0.2) is 0 Å². The molecule has 0 bridgehead atoms. The number of hydrogen-bond donors (Lipinski definition) is 2. The summed E-state index contributed by atoms with van der Waals surface area (Å²) in [5, 5.41) is 12.1. The van der Waals surface area contributed by atoms with E-state index in [2.05, 4.69) is 5.32 Å². The van der Waals surface area contributed by atoms with Crippen molar-refractivity contribution in [3.05, 3.63) is 34.4 Å². The summed E-state index contributed by atoms with van der Waals surface area (Å²) < 4.78 is 0. The first-order valence-corrected chi connectivity index (χ1v) is 8.18. The van der Waals surface area contributed by atoms with E-state index < -0.39 is 11.5 Å². The normalized spacial score (nSPS) is 21.3. The minimum Gasteiger partial charge on any atom is -0.479 e. The van der Waals surface area contributed by atoms with Gasteiger partial charge in [-0.25, -0.2) is 4.79 Å². The van der Waals surface area contributed by atoms with Crippen molar-refractivity contribution >= 4 is 23.6 Å². The zero-order valence-electron chi connectivity index (χ0n) is 12.7. The van der Waals surface area contributed by atoms with Crippen LogP contribution < -0.4 is 5.32 Å². The van der Waals surface area contributed by atoms with E-state index in [4.69, 9.17) is 0 Å². The highest BCUT2D eigenvalue weighted by molar-refractivity contribution is 7.99. The fraction of sp³-hybridized carbons (Fsp3) is 0.500. The molecule has 1 aromatic rings. The molecule has 0 saturated carbocycles. The van der Waals surface area contributed by atoms with E-state index >= 15 is 0 Å². The molecule has 1 unspecified atom stereocenters. The minimum absolute atomic E-state index is 0.213. The van der Waals surface area contributed by atoms with Crippen LogP contribution in [-0.2, 0) is 16.0 Å². The standard InChI is InChI=1S/C16H21NO3S/c1-10-6-11(2)13(12(3)7-10)8-14(18)17-16(15(19)20)4-5-21-9-16/h6-7H,4-5,8-9H2,1-3H3,(H,17,18)(H,19,20). The topological polar surface area (TPSA) is 66.4 Å². The molecule has 2 rings (SSSR count). The van der Waals surface area contributed by atoms with Gasteiger partial charge in [-0.05, 0) is 49.6 Å². The van der Waals surface area contributed by atoms with Crippen LogP contribution >= 0.6 is 11.8 Å². The van der Waals surface area contributed by atoms with Crippen molar-refractivity contribution in [2.24, 2.45) is 0 Å². The second-order valence-electron chi connectivity index (χ2n) is 5.79. The van der Waals surface area contributed by atoms with Gasteiger partial charge in [0.25, 0.3) is 0 Å². The number of aliphatic carboxylic acids is 1. The van der Waals surface area contributed by atoms with Gasteiger partial charge in [0, 0.05) is 5.75 Å². The molecule has 1 aromatic carbocycles. The summed E-state index contributed by atoms with van der Waals surface area (Å²) in [4.78, 5) is 23.7. The van der Waals surface area contributed by atoms with Crippen molar-refractivity contribution in [1.82, 2.24) is 5.32 Å². The number of benzene rings is 1. The van der Waals surface area contributed by atoms with E-state index in [-0.39, 0.29) is 12.3 Å². The summed E-state index contributed by atoms with van der Waals surface area (Å²) in [5.41, 5.74) is 3.22. The van der Waals surface area contributed by atoms with Gasteiger partial charge in [-0.15, -0.1) is 0 Å². The monoisotopic (exact) mass is 307 g/mol. The molecule has 0 aliphatic carbocycles. The molecule has 1 heterocycles. The van der Waals surface area contributed by atoms with E-state index in [1.54, 1.807) is 11.8 Å². The molecule has 1 fully saturated rings. The van der Waals surface area contributed by atoms with Crippen molar-refractivity contribution < 1.29 is 14.7 Å². The van der Waals surface area contributed by atoms with Crippen molar-refractivity contribution in [2.75, 3.05) is 11.5 Å². The quantitative estimate of drug-likeness (QED) is 0.895. The Kier molecular flexibility index (Phi) is 4.61. The number of carbonyl (C=O) groups is 2. The number of hydrogen-bond acceptors (Lipinski definition) is 3. The van der Waals surface area contributed by atoms with Crippen LogP contribution in [0.4, 0.5) is 0 Å². The molecule has 21 heavy (non-hydrogen) atoms. The zero-order valence-corrected chi connectivity index (χ0v) is 13.5. The van der Waals surface area contributed by atoms with Crippen molar-refractivity contribution in [2.45, 2.75) is 39.2 Å². The van der Waals surface area contributed by atoms with Gasteiger partial charge in [-0.2, -0.15) is 11.8 Å². The summed E-state index contributed by atoms with van der Waals surface area (Å²) in [7, 11) is 0. The molecule has 0 spiro atoms. The molecule has 2 N–H and O–H groups in total. The Morgan fingerprint density at radius 2 is 1.90 bits per heavy atom. The highest BCUT2D eigenvalue weighted by atomic mass is 32.2. The second kappa shape index (κ2) is 6.10. The maximum absolute atomic E-state index is 12.3. The summed E-state index contributed by atoms with van der Waals surface area (Å²) in [6.45, 7) is 6.00. The van der Waals surface area contributed by atoms with Crippen LogP contribution in [0.2, 0.25) is 0 Å². The van der Waals surface area contributed by atoms with Gasteiger partial charge in [0.2, 0.25) is 5.91 Å². The van der Waals surface area contributed by atoms with Crippen molar-refractivity contribution in [3.8, 4) is 0 Å². The molecule has 5 heteroatoms. The third-order valence-corrected chi connectivity index (χ3v) is 5.18. The molecule has 1 saturated heterocycles. The minimum atomic E-state index is -1.09. The molecule has 1 atom stereocenters. The summed E-state index contributed by atoms with van der Waals surface area (Å²) in [5.74, 6) is 0.0721. The fourth-order valence-corrected chi connectivity index (χ4v) is 4.17. The van der Waals surface area contributed by atoms with Gasteiger partial charge in [-0.1, -0.05) is 17.7 Å². The molecule has 4 nitrogen and oxygen atoms in total. The van der Waals surface area contributed by atoms with Crippen LogP contribution in [0.5, 0.6) is 0 Å². The maximum atomic E-state index is 12.3. The SMILES string of the molecule is Cc1cc(C)c(CC(=O)NC2(C(=O)O)CCSC2)c(C)c1. The molecule has 114 valence electrons. The third-order valence-electron chi connectivity index (χ3n) is 3.99. The first kappa shape index (κ1) is 15.9. The van der Waals surface area contributed by atoms with Crippen LogP contribution in [0.3, 0.4) is 0 Å². The van der Waals surface area contributed by atoms with Gasteiger partial charge in [0.05, 0.1) is 6.42 Å². The van der Waals surface area contributed by atoms with Gasteiger partial charge in [0.1, 0.15) is 5.54 Å². The first-order chi connectivity index (χ1) is 9.84. The Balaban J connectivity index is 2.14. The number of rotatable bonds is 4. The van der Waals surface area contributed by atoms with Crippen LogP contribution in [0, 0.1) is 20.8 Å². The van der Waals surface area contributed by atoms with Crippen LogP contribution in [-0.4, -0.2) is 34.0 Å². The van der Waals surface area contributed by atoms with Crippen molar-refractivity contribution in [1.29, 1.82) is 0 Å². The van der Waals surface area contributed by atoms with Crippen LogP contribution in [0.25, 0.3) is 0 Å². The number of carboxylic acid groups (broad SMARTS) is 1. The summed E-state index contributed by atoms with van der Waals surface area (Å²) in [6, 6.07) is 4.10. The lowest BCUT2D eigenvalue weighted by Gasteiger charge is -2.25. The van der Waals surface area contributed by atoms with Crippen LogP contribution in [0.15, 0.2) is 12.1 Å². The first-order valence-electron chi connectivity index (χ1n) is 7.03. The number of amides is 1. The summed E-state index contributed by atoms with van der Waals surface area (Å²) >= 11 is 1.57. The van der Waals surface area contributed by atoms with Crippen molar-refractivity contribution in [3.63, 3.8) is 0 Å². The number of aryl methyl sites for hydroxylation is 3. The van der Waals surface area contributed by atoms with Gasteiger partial charge >= 0.3 is 5.97 Å². The average Bonchev–Trinajstić information content (AvgIpc) is 2.83.